The molecule has 3 atom stereocenters. The number of unbranched alkanes of at least 4 members (excludes halogenated alkanes) is 1. The lowest BCUT2D eigenvalue weighted by atomic mass is 9.89. The van der Waals surface area contributed by atoms with Crippen molar-refractivity contribution >= 4 is 0 Å². The van der Waals surface area contributed by atoms with Crippen molar-refractivity contribution in [1.82, 2.24) is 10.2 Å². The van der Waals surface area contributed by atoms with Crippen LogP contribution >= 0.6 is 0 Å². The van der Waals surface area contributed by atoms with E-state index in [1.165, 1.54) is 44.1 Å². The summed E-state index contributed by atoms with van der Waals surface area (Å²) in [6.45, 7) is 16.3. The molecule has 3 nitrogen and oxygen atoms in total. The second-order valence-electron chi connectivity index (χ2n) is 7.90. The summed E-state index contributed by atoms with van der Waals surface area (Å²) in [6, 6.07) is 0. The van der Waals surface area contributed by atoms with Crippen LogP contribution in [0.4, 0.5) is 0 Å². The molecule has 1 aliphatic rings. The van der Waals surface area contributed by atoms with Gasteiger partial charge in [0.05, 0.1) is 5.76 Å². The lowest BCUT2D eigenvalue weighted by Crippen LogP contribution is -2.32. The summed E-state index contributed by atoms with van der Waals surface area (Å²) < 4.78 is 6.33. The molecule has 0 aromatic carbocycles. The van der Waals surface area contributed by atoms with E-state index in [2.05, 4.69) is 44.3 Å². The van der Waals surface area contributed by atoms with E-state index < -0.39 is 0 Å². The van der Waals surface area contributed by atoms with Gasteiger partial charge in [-0.1, -0.05) is 39.0 Å². The van der Waals surface area contributed by atoms with Crippen LogP contribution in [0.5, 0.6) is 0 Å². The lowest BCUT2D eigenvalue weighted by Gasteiger charge is -2.28. The summed E-state index contributed by atoms with van der Waals surface area (Å²) in [5.74, 6) is 1.98. The number of hydrogen-bond acceptors (Lipinski definition) is 3. The van der Waals surface area contributed by atoms with Gasteiger partial charge in [0.15, 0.2) is 0 Å². The fraction of sp³-hybridized carbons (Fsp3) is 0.818. The molecule has 0 amide bonds. The average molecular weight is 351 g/mol. The van der Waals surface area contributed by atoms with E-state index in [1.54, 1.807) is 0 Å². The zero-order chi connectivity index (χ0) is 18.7. The van der Waals surface area contributed by atoms with Crippen LogP contribution in [0, 0.1) is 11.8 Å². The highest BCUT2D eigenvalue weighted by molar-refractivity contribution is 5.11. The topological polar surface area (TPSA) is 24.5 Å². The quantitative estimate of drug-likeness (QED) is 0.539. The highest BCUT2D eigenvalue weighted by Gasteiger charge is 2.20. The predicted octanol–water partition coefficient (Wildman–Crippen LogP) is 5.00. The SMILES string of the molecule is C=C1CCC(CC)CCCN(C)CC(CCCCNC)OC(=C)C1C. The molecule has 0 radical (unpaired) electrons. The molecular weight excluding hydrogens is 308 g/mol. The molecule has 0 aromatic rings. The second kappa shape index (κ2) is 12.5. The highest BCUT2D eigenvalue weighted by atomic mass is 16.5. The summed E-state index contributed by atoms with van der Waals surface area (Å²) in [7, 11) is 4.25. The summed E-state index contributed by atoms with van der Waals surface area (Å²) in [4.78, 5) is 2.44. The van der Waals surface area contributed by atoms with Gasteiger partial charge in [0.2, 0.25) is 0 Å². The molecule has 1 fully saturated rings. The Morgan fingerprint density at radius 2 is 2.00 bits per heavy atom. The van der Waals surface area contributed by atoms with Crippen molar-refractivity contribution in [3.63, 3.8) is 0 Å². The Morgan fingerprint density at radius 3 is 2.68 bits per heavy atom. The molecule has 0 aliphatic carbocycles. The Labute approximate surface area is 156 Å². The van der Waals surface area contributed by atoms with Crippen molar-refractivity contribution in [3.8, 4) is 0 Å². The van der Waals surface area contributed by atoms with Gasteiger partial charge in [-0.3, -0.25) is 0 Å². The van der Waals surface area contributed by atoms with Gasteiger partial charge in [-0.15, -0.1) is 0 Å². The van der Waals surface area contributed by atoms with Crippen LogP contribution in [0.15, 0.2) is 24.5 Å². The van der Waals surface area contributed by atoms with Crippen LogP contribution in [-0.2, 0) is 4.74 Å². The lowest BCUT2D eigenvalue weighted by molar-refractivity contribution is 0.0631. The minimum atomic E-state index is 0.243. The van der Waals surface area contributed by atoms with Gasteiger partial charge in [0.1, 0.15) is 6.10 Å². The standard InChI is InChI=1S/C22H42N2O/c1-7-21-11-10-16-24(6)17-22(12-8-9-15-23-5)25-20(4)19(3)18(2)13-14-21/h19,21-23H,2,4,7-17H2,1,3,5-6H3. The second-order valence-corrected chi connectivity index (χ2v) is 7.90. The van der Waals surface area contributed by atoms with Crippen molar-refractivity contribution in [2.45, 2.75) is 71.3 Å². The first kappa shape index (κ1) is 22.2. The molecule has 0 aromatic heterocycles. The fourth-order valence-corrected chi connectivity index (χ4v) is 3.65. The Bertz CT molecular complexity index is 393. The molecule has 1 heterocycles. The van der Waals surface area contributed by atoms with Gasteiger partial charge in [0.25, 0.3) is 0 Å². The molecule has 1 N–H and O–H groups in total. The van der Waals surface area contributed by atoms with Gasteiger partial charge < -0.3 is 15.0 Å². The maximum Gasteiger partial charge on any atom is 0.111 e. The number of nitrogens with one attached hydrogen (secondary N) is 1. The summed E-state index contributed by atoms with van der Waals surface area (Å²) in [6.07, 6.45) is 9.98. The molecular formula is C22H42N2O. The molecule has 0 bridgehead atoms. The highest BCUT2D eigenvalue weighted by Crippen LogP contribution is 2.28. The third kappa shape index (κ3) is 8.91. The number of nitrogens with zero attached hydrogens (tertiary/aromatic N) is 1. The van der Waals surface area contributed by atoms with Gasteiger partial charge in [-0.2, -0.15) is 0 Å². The monoisotopic (exact) mass is 350 g/mol. The molecule has 1 saturated heterocycles. The van der Waals surface area contributed by atoms with E-state index in [0.29, 0.717) is 0 Å². The predicted molar refractivity (Wildman–Crippen MR) is 110 cm³/mol. The number of likely N-dealkylation sites (N-methyl/N-ethyl adjacent to an activating group) is 1. The molecule has 3 unspecified atom stereocenters. The average Bonchev–Trinajstić information content (AvgIpc) is 2.60. The number of ether oxygens (including phenoxy) is 1. The van der Waals surface area contributed by atoms with Crippen molar-refractivity contribution in [2.75, 3.05) is 33.7 Å². The number of allylic oxidation sites excluding steroid dienone is 1. The normalized spacial score (nSPS) is 27.9. The summed E-state index contributed by atoms with van der Waals surface area (Å²) in [5, 5.41) is 3.23. The van der Waals surface area contributed by atoms with Crippen LogP contribution in [-0.4, -0.2) is 44.7 Å². The van der Waals surface area contributed by atoms with E-state index in [-0.39, 0.29) is 12.0 Å². The summed E-state index contributed by atoms with van der Waals surface area (Å²) >= 11 is 0. The Hall–Kier alpha value is -0.800. The van der Waals surface area contributed by atoms with Crippen LogP contribution in [0.2, 0.25) is 0 Å². The Morgan fingerprint density at radius 1 is 1.24 bits per heavy atom. The Kier molecular flexibility index (Phi) is 11.2. The number of hydrogen-bond donors (Lipinski definition) is 1. The maximum atomic E-state index is 6.33. The molecule has 0 spiro atoms. The third-order valence-corrected chi connectivity index (χ3v) is 5.73. The zero-order valence-electron chi connectivity index (χ0n) is 17.3. The van der Waals surface area contributed by atoms with Crippen molar-refractivity contribution in [3.05, 3.63) is 24.5 Å². The third-order valence-electron chi connectivity index (χ3n) is 5.73. The molecule has 1 rings (SSSR count). The van der Waals surface area contributed by atoms with E-state index in [4.69, 9.17) is 4.74 Å². The first-order valence-corrected chi connectivity index (χ1v) is 10.3. The van der Waals surface area contributed by atoms with Gasteiger partial charge in [-0.05, 0) is 78.0 Å². The first-order valence-electron chi connectivity index (χ1n) is 10.3. The van der Waals surface area contributed by atoms with E-state index in [1.807, 2.05) is 7.05 Å². The van der Waals surface area contributed by atoms with E-state index >= 15 is 0 Å². The molecule has 1 aliphatic heterocycles. The van der Waals surface area contributed by atoms with Crippen LogP contribution in [0.1, 0.15) is 65.2 Å². The van der Waals surface area contributed by atoms with E-state index in [9.17, 15) is 0 Å². The molecule has 25 heavy (non-hydrogen) atoms. The van der Waals surface area contributed by atoms with Gasteiger partial charge in [-0.25, -0.2) is 0 Å². The fourth-order valence-electron chi connectivity index (χ4n) is 3.65. The maximum absolute atomic E-state index is 6.33. The molecule has 146 valence electrons. The number of rotatable bonds is 6. The smallest absolute Gasteiger partial charge is 0.111 e. The van der Waals surface area contributed by atoms with Gasteiger partial charge in [0, 0.05) is 12.5 Å². The first-order chi connectivity index (χ1) is 12.0. The summed E-state index contributed by atoms with van der Waals surface area (Å²) in [5.41, 5.74) is 1.28. The van der Waals surface area contributed by atoms with Crippen molar-refractivity contribution in [1.29, 1.82) is 0 Å². The van der Waals surface area contributed by atoms with Crippen molar-refractivity contribution < 1.29 is 4.74 Å². The van der Waals surface area contributed by atoms with Crippen LogP contribution in [0.25, 0.3) is 0 Å². The van der Waals surface area contributed by atoms with Crippen LogP contribution in [0.3, 0.4) is 0 Å². The zero-order valence-corrected chi connectivity index (χ0v) is 17.3. The minimum absolute atomic E-state index is 0.243. The molecule has 3 heteroatoms. The largest absolute Gasteiger partial charge is 0.493 e. The van der Waals surface area contributed by atoms with Gasteiger partial charge >= 0.3 is 0 Å². The van der Waals surface area contributed by atoms with E-state index in [0.717, 1.165) is 44.2 Å². The molecule has 0 saturated carbocycles. The Balaban J connectivity index is 2.71. The minimum Gasteiger partial charge on any atom is -0.493 e. The van der Waals surface area contributed by atoms with Crippen molar-refractivity contribution in [2.24, 2.45) is 11.8 Å². The van der Waals surface area contributed by atoms with Crippen LogP contribution < -0.4 is 5.32 Å².